The Morgan fingerprint density at radius 3 is 2.67 bits per heavy atom. The van der Waals surface area contributed by atoms with Crippen molar-refractivity contribution in [2.24, 2.45) is 4.99 Å². The summed E-state index contributed by atoms with van der Waals surface area (Å²) in [5.41, 5.74) is 3.25. The summed E-state index contributed by atoms with van der Waals surface area (Å²) in [7, 11) is 1.57. The summed E-state index contributed by atoms with van der Waals surface area (Å²) in [5.74, 6) is 0.578. The molecular formula is C31H31N3O5S. The number of nitrogens with zero attached hydrogens (tertiary/aromatic N) is 3. The zero-order valence-corrected chi connectivity index (χ0v) is 23.8. The predicted molar refractivity (Wildman–Crippen MR) is 157 cm³/mol. The molecule has 5 rings (SSSR count). The molecule has 1 aliphatic rings. The highest BCUT2D eigenvalue weighted by Crippen LogP contribution is 2.36. The first kappa shape index (κ1) is 27.2. The van der Waals surface area contributed by atoms with Gasteiger partial charge in [0.15, 0.2) is 16.3 Å². The summed E-state index contributed by atoms with van der Waals surface area (Å²) >= 11 is 1.30. The van der Waals surface area contributed by atoms with Crippen molar-refractivity contribution in [3.63, 3.8) is 0 Å². The molecule has 0 fully saturated rings. The maximum atomic E-state index is 14.1. The van der Waals surface area contributed by atoms with Crippen molar-refractivity contribution in [3.05, 3.63) is 103 Å². The number of carbonyl (C=O) groups excluding carboxylic acids is 1. The smallest absolute Gasteiger partial charge is 0.338 e. The fourth-order valence-corrected chi connectivity index (χ4v) is 6.10. The highest BCUT2D eigenvalue weighted by Gasteiger charge is 2.34. The molecule has 0 amide bonds. The SMILES string of the molecule is C=CCn1cc(/C=c2/sc3n(c2=O)C(c2ccc(OC)c(OCC)c2)C(C(=O)OCC)=C(C)N=3)c2ccccc21. The number of fused-ring (bicyclic) bond motifs is 2. The quantitative estimate of drug-likeness (QED) is 0.226. The minimum atomic E-state index is -0.746. The number of ether oxygens (including phenoxy) is 3. The lowest BCUT2D eigenvalue weighted by molar-refractivity contribution is -0.139. The molecule has 1 unspecified atom stereocenters. The van der Waals surface area contributed by atoms with E-state index in [1.807, 2.05) is 61.7 Å². The summed E-state index contributed by atoms with van der Waals surface area (Å²) in [6.45, 7) is 10.6. The topological polar surface area (TPSA) is 84.0 Å². The van der Waals surface area contributed by atoms with Crippen molar-refractivity contribution >= 4 is 34.3 Å². The lowest BCUT2D eigenvalue weighted by atomic mass is 9.95. The van der Waals surface area contributed by atoms with E-state index in [-0.39, 0.29) is 12.2 Å². The highest BCUT2D eigenvalue weighted by molar-refractivity contribution is 7.07. The third-order valence-electron chi connectivity index (χ3n) is 6.75. The fourth-order valence-electron chi connectivity index (χ4n) is 5.06. The molecule has 1 aliphatic heterocycles. The predicted octanol–water partition coefficient (Wildman–Crippen LogP) is 4.35. The number of allylic oxidation sites excluding steroid dienone is 2. The van der Waals surface area contributed by atoms with Gasteiger partial charge in [-0.25, -0.2) is 9.79 Å². The van der Waals surface area contributed by atoms with E-state index in [0.29, 0.717) is 50.8 Å². The number of rotatable bonds is 9. The van der Waals surface area contributed by atoms with Crippen molar-refractivity contribution in [1.82, 2.24) is 9.13 Å². The first-order valence-corrected chi connectivity index (χ1v) is 13.9. The van der Waals surface area contributed by atoms with E-state index in [0.717, 1.165) is 16.5 Å². The van der Waals surface area contributed by atoms with Crippen LogP contribution in [0.5, 0.6) is 11.5 Å². The Kier molecular flexibility index (Phi) is 7.75. The third kappa shape index (κ3) is 4.77. The maximum Gasteiger partial charge on any atom is 0.338 e. The van der Waals surface area contributed by atoms with Crippen LogP contribution in [0.2, 0.25) is 0 Å². The number of esters is 1. The van der Waals surface area contributed by atoms with Crippen LogP contribution in [-0.4, -0.2) is 35.4 Å². The Bertz CT molecular complexity index is 1830. The summed E-state index contributed by atoms with van der Waals surface area (Å²) in [6.07, 6.45) is 5.76. The third-order valence-corrected chi connectivity index (χ3v) is 7.74. The van der Waals surface area contributed by atoms with Gasteiger partial charge in [-0.1, -0.05) is 41.7 Å². The molecule has 206 valence electrons. The van der Waals surface area contributed by atoms with Crippen molar-refractivity contribution < 1.29 is 19.0 Å². The van der Waals surface area contributed by atoms with Gasteiger partial charge in [-0.05, 0) is 50.6 Å². The van der Waals surface area contributed by atoms with Crippen LogP contribution in [0.4, 0.5) is 0 Å². The van der Waals surface area contributed by atoms with Crippen LogP contribution in [0.15, 0.2) is 82.4 Å². The van der Waals surface area contributed by atoms with Gasteiger partial charge in [-0.15, -0.1) is 6.58 Å². The molecule has 0 saturated carbocycles. The van der Waals surface area contributed by atoms with E-state index in [9.17, 15) is 9.59 Å². The minimum Gasteiger partial charge on any atom is -0.493 e. The maximum absolute atomic E-state index is 14.1. The van der Waals surface area contributed by atoms with Crippen LogP contribution in [0, 0.1) is 0 Å². The average Bonchev–Trinajstić information content (AvgIpc) is 3.45. The lowest BCUT2D eigenvalue weighted by Gasteiger charge is -2.25. The van der Waals surface area contributed by atoms with Gasteiger partial charge >= 0.3 is 5.97 Å². The molecule has 8 nitrogen and oxygen atoms in total. The van der Waals surface area contributed by atoms with Crippen LogP contribution < -0.4 is 24.4 Å². The zero-order valence-electron chi connectivity index (χ0n) is 23.0. The van der Waals surface area contributed by atoms with Crippen molar-refractivity contribution in [2.45, 2.75) is 33.4 Å². The summed E-state index contributed by atoms with van der Waals surface area (Å²) in [4.78, 5) is 32.5. The number of carbonyl (C=O) groups is 1. The number of hydrogen-bond donors (Lipinski definition) is 0. The van der Waals surface area contributed by atoms with Gasteiger partial charge in [0.2, 0.25) is 0 Å². The van der Waals surface area contributed by atoms with Crippen LogP contribution >= 0.6 is 11.3 Å². The minimum absolute atomic E-state index is 0.203. The summed E-state index contributed by atoms with van der Waals surface area (Å²) < 4.78 is 20.9. The normalized spacial score (nSPS) is 15.1. The second-order valence-electron chi connectivity index (χ2n) is 9.19. The number of para-hydroxylation sites is 1. The van der Waals surface area contributed by atoms with E-state index in [1.165, 1.54) is 11.3 Å². The largest absolute Gasteiger partial charge is 0.493 e. The Morgan fingerprint density at radius 1 is 1.15 bits per heavy atom. The number of methoxy groups -OCH3 is 1. The summed E-state index contributed by atoms with van der Waals surface area (Å²) in [6, 6.07) is 12.7. The molecule has 2 aromatic carbocycles. The molecule has 1 atom stereocenters. The number of thiazole rings is 1. The molecule has 9 heteroatoms. The molecule has 0 aliphatic carbocycles. The van der Waals surface area contributed by atoms with Crippen LogP contribution in [-0.2, 0) is 16.1 Å². The molecule has 0 N–H and O–H groups in total. The van der Waals surface area contributed by atoms with Gasteiger partial charge in [0.05, 0.1) is 42.2 Å². The average molecular weight is 558 g/mol. The van der Waals surface area contributed by atoms with E-state index in [2.05, 4.69) is 16.1 Å². The van der Waals surface area contributed by atoms with Gasteiger partial charge in [-0.2, -0.15) is 0 Å². The molecule has 40 heavy (non-hydrogen) atoms. The van der Waals surface area contributed by atoms with Crippen LogP contribution in [0.1, 0.15) is 37.9 Å². The highest BCUT2D eigenvalue weighted by atomic mass is 32.1. The van der Waals surface area contributed by atoms with E-state index in [1.54, 1.807) is 31.6 Å². The monoisotopic (exact) mass is 557 g/mol. The van der Waals surface area contributed by atoms with Gasteiger partial charge in [-0.3, -0.25) is 9.36 Å². The van der Waals surface area contributed by atoms with Crippen molar-refractivity contribution in [3.8, 4) is 11.5 Å². The molecule has 3 heterocycles. The molecular weight excluding hydrogens is 526 g/mol. The Hall–Kier alpha value is -4.37. The molecule has 0 spiro atoms. The Balaban J connectivity index is 1.74. The van der Waals surface area contributed by atoms with Crippen molar-refractivity contribution in [2.75, 3.05) is 20.3 Å². The first-order chi connectivity index (χ1) is 19.4. The van der Waals surface area contributed by atoms with Crippen molar-refractivity contribution in [1.29, 1.82) is 0 Å². The van der Waals surface area contributed by atoms with Gasteiger partial charge in [0, 0.05) is 29.2 Å². The van der Waals surface area contributed by atoms with Gasteiger partial charge < -0.3 is 18.8 Å². The van der Waals surface area contributed by atoms with Gasteiger partial charge in [0.25, 0.3) is 5.56 Å². The lowest BCUT2D eigenvalue weighted by Crippen LogP contribution is -2.40. The Labute approximate surface area is 235 Å². The standard InChI is InChI=1S/C31H31N3O5S/c1-6-15-33-18-21(22-11-9-10-12-23(22)33)17-26-29(35)34-28(20-13-14-24(37-5)25(16-20)38-7-2)27(30(36)39-8-3)19(4)32-31(34)40-26/h6,9-14,16-18,28H,1,7-8,15H2,2-5H3/b26-17+. The van der Waals surface area contributed by atoms with E-state index in [4.69, 9.17) is 14.2 Å². The van der Waals surface area contributed by atoms with E-state index < -0.39 is 12.0 Å². The summed E-state index contributed by atoms with van der Waals surface area (Å²) in [5, 5.41) is 1.03. The molecule has 4 aromatic rings. The van der Waals surface area contributed by atoms with Crippen LogP contribution in [0.3, 0.4) is 0 Å². The Morgan fingerprint density at radius 2 is 1.95 bits per heavy atom. The molecule has 0 radical (unpaired) electrons. The molecule has 0 bridgehead atoms. The number of benzene rings is 2. The second kappa shape index (κ2) is 11.4. The fraction of sp³-hybridized carbons (Fsp3) is 0.258. The van der Waals surface area contributed by atoms with Gasteiger partial charge in [0.1, 0.15) is 0 Å². The first-order valence-electron chi connectivity index (χ1n) is 13.1. The van der Waals surface area contributed by atoms with E-state index >= 15 is 0 Å². The zero-order chi connectivity index (χ0) is 28.4. The number of aromatic nitrogens is 2. The number of hydrogen-bond acceptors (Lipinski definition) is 7. The second-order valence-corrected chi connectivity index (χ2v) is 10.2. The van der Waals surface area contributed by atoms with Crippen LogP contribution in [0.25, 0.3) is 17.0 Å². The molecule has 2 aromatic heterocycles. The molecule has 0 saturated heterocycles.